The Balaban J connectivity index is 1.84. The number of halogens is 1. The summed E-state index contributed by atoms with van der Waals surface area (Å²) in [6.45, 7) is 2.01. The zero-order valence-electron chi connectivity index (χ0n) is 19.0. The maximum absolute atomic E-state index is 12.7. The molecule has 0 aliphatic carbocycles. The first-order valence-corrected chi connectivity index (χ1v) is 11.2. The first-order chi connectivity index (χ1) is 16.3. The summed E-state index contributed by atoms with van der Waals surface area (Å²) in [5.41, 5.74) is 3.85. The third kappa shape index (κ3) is 3.52. The van der Waals surface area contributed by atoms with Crippen LogP contribution in [-0.2, 0) is 19.7 Å². The summed E-state index contributed by atoms with van der Waals surface area (Å²) in [5.74, 6) is 0. The van der Waals surface area contributed by atoms with Gasteiger partial charge in [0.25, 0.3) is 5.56 Å². The largest absolute Gasteiger partial charge is 0.373 e. The summed E-state index contributed by atoms with van der Waals surface area (Å²) < 4.78 is 3.33. The minimum Gasteiger partial charge on any atom is -0.373 e. The monoisotopic (exact) mass is 470 g/mol. The van der Waals surface area contributed by atoms with Gasteiger partial charge in [0, 0.05) is 30.7 Å². The Kier molecular flexibility index (Phi) is 5.35. The zero-order valence-corrected chi connectivity index (χ0v) is 19.8. The van der Waals surface area contributed by atoms with Gasteiger partial charge in [-0.1, -0.05) is 53.6 Å². The van der Waals surface area contributed by atoms with Crippen molar-refractivity contribution in [2.24, 2.45) is 14.1 Å². The molecule has 1 N–H and O–H groups in total. The molecule has 5 rings (SSSR count). The number of rotatable bonds is 4. The molecule has 0 saturated heterocycles. The third-order valence-corrected chi connectivity index (χ3v) is 6.49. The number of benzene rings is 2. The van der Waals surface area contributed by atoms with Gasteiger partial charge in [0.2, 0.25) is 0 Å². The normalized spacial score (nSPS) is 13.2. The fourth-order valence-corrected chi connectivity index (χ4v) is 4.51. The van der Waals surface area contributed by atoms with Crippen molar-refractivity contribution >= 4 is 22.6 Å². The lowest BCUT2D eigenvalue weighted by molar-refractivity contribution is 0.113. The second-order valence-electron chi connectivity index (χ2n) is 8.50. The molecular formula is C27H23ClN4O2. The van der Waals surface area contributed by atoms with E-state index in [2.05, 4.69) is 4.98 Å². The van der Waals surface area contributed by atoms with Gasteiger partial charge < -0.3 is 14.2 Å². The molecule has 6 nitrogen and oxygen atoms in total. The van der Waals surface area contributed by atoms with Gasteiger partial charge in [0.05, 0.1) is 34.9 Å². The van der Waals surface area contributed by atoms with Crippen molar-refractivity contribution in [2.45, 2.75) is 12.5 Å². The molecule has 5 aromatic rings. The Morgan fingerprint density at radius 1 is 1.00 bits per heavy atom. The topological polar surface area (TPSA) is 72.9 Å². The lowest BCUT2D eigenvalue weighted by Gasteiger charge is -2.29. The third-order valence-electron chi connectivity index (χ3n) is 6.24. The van der Waals surface area contributed by atoms with Crippen molar-refractivity contribution in [3.8, 4) is 11.1 Å². The van der Waals surface area contributed by atoms with E-state index in [4.69, 9.17) is 16.6 Å². The quantitative estimate of drug-likeness (QED) is 0.417. The van der Waals surface area contributed by atoms with Crippen LogP contribution in [0, 0.1) is 6.92 Å². The molecule has 2 aromatic carbocycles. The van der Waals surface area contributed by atoms with Gasteiger partial charge in [-0.25, -0.2) is 9.97 Å². The van der Waals surface area contributed by atoms with Crippen molar-refractivity contribution in [3.63, 3.8) is 0 Å². The number of aryl methyl sites for hydroxylation is 3. The highest BCUT2D eigenvalue weighted by molar-refractivity contribution is 6.30. The van der Waals surface area contributed by atoms with E-state index >= 15 is 0 Å². The summed E-state index contributed by atoms with van der Waals surface area (Å²) in [4.78, 5) is 21.9. The molecule has 0 saturated carbocycles. The molecule has 1 atom stereocenters. The van der Waals surface area contributed by atoms with Crippen molar-refractivity contribution < 1.29 is 5.11 Å². The van der Waals surface area contributed by atoms with E-state index in [9.17, 15) is 9.90 Å². The van der Waals surface area contributed by atoms with E-state index < -0.39 is 5.60 Å². The molecule has 3 aromatic heterocycles. The Morgan fingerprint density at radius 2 is 1.76 bits per heavy atom. The van der Waals surface area contributed by atoms with Crippen LogP contribution in [0.5, 0.6) is 0 Å². The lowest BCUT2D eigenvalue weighted by atomic mass is 9.86. The number of aliphatic hydroxyl groups is 1. The fourth-order valence-electron chi connectivity index (χ4n) is 4.39. The number of hydrogen-bond acceptors (Lipinski definition) is 4. The van der Waals surface area contributed by atoms with E-state index in [1.165, 1.54) is 0 Å². The number of hydrogen-bond donors (Lipinski definition) is 1. The molecule has 0 spiro atoms. The molecular weight excluding hydrogens is 448 g/mol. The van der Waals surface area contributed by atoms with Crippen LogP contribution in [0.2, 0.25) is 5.02 Å². The minimum atomic E-state index is -1.59. The fraction of sp³-hybridized carbons (Fsp3) is 0.148. The summed E-state index contributed by atoms with van der Waals surface area (Å²) >= 11 is 6.13. The molecule has 7 heteroatoms. The molecule has 34 heavy (non-hydrogen) atoms. The van der Waals surface area contributed by atoms with Gasteiger partial charge >= 0.3 is 0 Å². The molecule has 0 aliphatic heterocycles. The Bertz CT molecular complexity index is 1590. The van der Waals surface area contributed by atoms with E-state index in [1.54, 1.807) is 65.1 Å². The molecule has 0 aliphatic rings. The van der Waals surface area contributed by atoms with Gasteiger partial charge in [0.15, 0.2) is 5.60 Å². The van der Waals surface area contributed by atoms with Crippen molar-refractivity contribution in [3.05, 3.63) is 117 Å². The van der Waals surface area contributed by atoms with Crippen LogP contribution in [-0.4, -0.2) is 24.2 Å². The SMILES string of the molecule is Cc1cccc(-c2cc(=O)n(C)c3ccc([C@](O)(c4ccc(Cl)cc4)c4cncn4C)nc23)c1. The van der Waals surface area contributed by atoms with Gasteiger partial charge in [-0.05, 0) is 42.3 Å². The van der Waals surface area contributed by atoms with Gasteiger partial charge in [-0.2, -0.15) is 0 Å². The lowest BCUT2D eigenvalue weighted by Crippen LogP contribution is -2.32. The van der Waals surface area contributed by atoms with Gasteiger partial charge in [-0.15, -0.1) is 0 Å². The Labute approximate surface area is 201 Å². The first-order valence-electron chi connectivity index (χ1n) is 10.8. The highest BCUT2D eigenvalue weighted by Gasteiger charge is 2.38. The molecule has 3 heterocycles. The zero-order chi connectivity index (χ0) is 24.0. The Morgan fingerprint density at radius 3 is 2.44 bits per heavy atom. The summed E-state index contributed by atoms with van der Waals surface area (Å²) in [7, 11) is 3.55. The van der Waals surface area contributed by atoms with Crippen molar-refractivity contribution in [2.75, 3.05) is 0 Å². The van der Waals surface area contributed by atoms with Crippen LogP contribution in [0.25, 0.3) is 22.2 Å². The van der Waals surface area contributed by atoms with E-state index in [-0.39, 0.29) is 5.56 Å². The van der Waals surface area contributed by atoms with E-state index in [0.29, 0.717) is 38.6 Å². The van der Waals surface area contributed by atoms with E-state index in [0.717, 1.165) is 11.1 Å². The average molecular weight is 471 g/mol. The number of imidazole rings is 1. The van der Waals surface area contributed by atoms with Crippen LogP contribution < -0.4 is 5.56 Å². The van der Waals surface area contributed by atoms with Crippen LogP contribution >= 0.6 is 11.6 Å². The maximum Gasteiger partial charge on any atom is 0.251 e. The van der Waals surface area contributed by atoms with Crippen LogP contribution in [0.15, 0.2) is 84.0 Å². The maximum atomic E-state index is 12.7. The number of aromatic nitrogens is 4. The Hall–Kier alpha value is -3.74. The van der Waals surface area contributed by atoms with Crippen LogP contribution in [0.4, 0.5) is 0 Å². The minimum absolute atomic E-state index is 0.127. The standard InChI is InChI=1S/C27H23ClN4O2/c1-17-5-4-6-18(13-17)21-14-25(33)32(3)22-11-12-23(30-26(21)22)27(34,24-15-29-16-31(24)2)19-7-9-20(28)10-8-19/h4-16,34H,1-3H3/t27-/m1/s1. The highest BCUT2D eigenvalue weighted by atomic mass is 35.5. The number of pyridine rings is 2. The van der Waals surface area contributed by atoms with Gasteiger partial charge in [0.1, 0.15) is 0 Å². The average Bonchev–Trinajstić information content (AvgIpc) is 3.27. The predicted molar refractivity (Wildman–Crippen MR) is 134 cm³/mol. The first kappa shape index (κ1) is 22.1. The van der Waals surface area contributed by atoms with Crippen LogP contribution in [0.3, 0.4) is 0 Å². The highest BCUT2D eigenvalue weighted by Crippen LogP contribution is 2.37. The van der Waals surface area contributed by atoms with Crippen LogP contribution in [0.1, 0.15) is 22.5 Å². The molecule has 0 bridgehead atoms. The molecule has 170 valence electrons. The summed E-state index contributed by atoms with van der Waals surface area (Å²) in [6, 6.07) is 20.2. The summed E-state index contributed by atoms with van der Waals surface area (Å²) in [5, 5.41) is 12.8. The van der Waals surface area contributed by atoms with Crippen molar-refractivity contribution in [1.82, 2.24) is 19.1 Å². The number of nitrogens with zero attached hydrogens (tertiary/aromatic N) is 4. The van der Waals surface area contributed by atoms with E-state index in [1.807, 2.05) is 44.3 Å². The second kappa shape index (κ2) is 8.24. The second-order valence-corrected chi connectivity index (χ2v) is 8.93. The smallest absolute Gasteiger partial charge is 0.251 e. The molecule has 0 amide bonds. The van der Waals surface area contributed by atoms with Gasteiger partial charge in [-0.3, -0.25) is 4.79 Å². The molecule has 0 unspecified atom stereocenters. The molecule has 0 fully saturated rings. The number of fused-ring (bicyclic) bond motifs is 1. The summed E-state index contributed by atoms with van der Waals surface area (Å²) in [6.07, 6.45) is 3.27. The molecule has 0 radical (unpaired) electrons. The van der Waals surface area contributed by atoms with Crippen molar-refractivity contribution in [1.29, 1.82) is 0 Å². The predicted octanol–water partition coefficient (Wildman–Crippen LogP) is 4.58.